The van der Waals surface area contributed by atoms with Crippen molar-refractivity contribution >= 4 is 58.0 Å². The smallest absolute Gasteiger partial charge is 0.870 e. The van der Waals surface area contributed by atoms with Crippen LogP contribution < -0.4 is 14.6 Å². The summed E-state index contributed by atoms with van der Waals surface area (Å²) in [5.41, 5.74) is 2.16. The molecule has 4 aromatic rings. The van der Waals surface area contributed by atoms with Gasteiger partial charge in [-0.3, -0.25) is 4.55 Å². The number of ether oxygens (including phenoxy) is 2. The third kappa shape index (κ3) is 24.7. The number of hydrogen-bond acceptors (Lipinski definition) is 9. The summed E-state index contributed by atoms with van der Waals surface area (Å²) in [6, 6.07) is 22.0. The molecule has 356 valence electrons. The van der Waals surface area contributed by atoms with Crippen molar-refractivity contribution in [3.05, 3.63) is 96.1 Å². The maximum absolute atomic E-state index is 12.0. The van der Waals surface area contributed by atoms with E-state index >= 15 is 0 Å². The Bertz CT molecular complexity index is 1970. The second-order valence-electron chi connectivity index (χ2n) is 16.9. The molecule has 0 heterocycles. The topological polar surface area (TPSA) is 173 Å². The van der Waals surface area contributed by atoms with Crippen molar-refractivity contribution in [1.29, 1.82) is 0 Å². The molecule has 0 atom stereocenters. The van der Waals surface area contributed by atoms with Crippen molar-refractivity contribution in [2.24, 2.45) is 0 Å². The second kappa shape index (κ2) is 33.6. The van der Waals surface area contributed by atoms with E-state index < -0.39 is 41.5 Å². The first-order chi connectivity index (χ1) is 30.8. The van der Waals surface area contributed by atoms with Gasteiger partial charge in [0.25, 0.3) is 10.1 Å². The Hall–Kier alpha value is -2.84. The van der Waals surface area contributed by atoms with E-state index in [-0.39, 0.29) is 49.2 Å². The van der Waals surface area contributed by atoms with E-state index in [0.717, 1.165) is 42.9 Å². The molecule has 13 heteroatoms. The van der Waals surface area contributed by atoms with Gasteiger partial charge >= 0.3 is 37.7 Å². The summed E-state index contributed by atoms with van der Waals surface area (Å²) in [6.07, 6.45) is 33.1. The van der Waals surface area contributed by atoms with Crippen LogP contribution in [0.25, 0.3) is 0 Å². The molecule has 2 N–H and O–H groups in total. The molecule has 65 heavy (non-hydrogen) atoms. The average molecular weight is 963 g/mol. The maximum atomic E-state index is 12.0. The molecule has 0 spiro atoms. The van der Waals surface area contributed by atoms with Gasteiger partial charge in [0.2, 0.25) is 0 Å². The van der Waals surface area contributed by atoms with Gasteiger partial charge in [0, 0.05) is 0 Å². The van der Waals surface area contributed by atoms with E-state index in [0.29, 0.717) is 11.5 Å². The predicted molar refractivity (Wildman–Crippen MR) is 260 cm³/mol. The van der Waals surface area contributed by atoms with Crippen LogP contribution in [0.5, 0.6) is 34.5 Å². The molecule has 0 aliphatic heterocycles. The molecule has 0 saturated carbocycles. The zero-order valence-electron chi connectivity index (χ0n) is 39.2. The summed E-state index contributed by atoms with van der Waals surface area (Å²) in [7, 11) is -9.30. The van der Waals surface area contributed by atoms with Gasteiger partial charge < -0.3 is 24.2 Å². The number of unbranched alkanes of at least 4 members (excludes halogenated alkanes) is 22. The molecule has 4 rings (SSSR count). The van der Waals surface area contributed by atoms with Gasteiger partial charge in [0.1, 0.15) is 32.3 Å². The van der Waals surface area contributed by atoms with E-state index in [1.807, 2.05) is 30.3 Å². The Morgan fingerprint density at radius 3 is 1.23 bits per heavy atom. The number of para-hydroxylation sites is 2. The maximum Gasteiger partial charge on any atom is 2.00 e. The molecule has 0 aliphatic carbocycles. The van der Waals surface area contributed by atoms with Gasteiger partial charge in [0.05, 0.1) is 4.90 Å². The molecule has 10 nitrogen and oxygen atoms in total. The average Bonchev–Trinajstić information content (AvgIpc) is 3.25. The fourth-order valence-electron chi connectivity index (χ4n) is 7.71. The van der Waals surface area contributed by atoms with Crippen molar-refractivity contribution in [3.8, 4) is 34.5 Å². The number of aromatic hydroxyl groups is 1. The van der Waals surface area contributed by atoms with Gasteiger partial charge in [-0.25, -0.2) is 8.42 Å². The van der Waals surface area contributed by atoms with Crippen molar-refractivity contribution in [1.82, 2.24) is 0 Å². The quantitative estimate of drug-likeness (QED) is 0.0272. The largest absolute Gasteiger partial charge is 2.00 e. The van der Waals surface area contributed by atoms with Crippen LogP contribution >= 0.6 is 0 Å². The van der Waals surface area contributed by atoms with Crippen LogP contribution in [0.15, 0.2) is 94.7 Å². The molecule has 0 saturated heterocycles. The first-order valence-corrected chi connectivity index (χ1v) is 26.8. The number of hydrogen-bond donors (Lipinski definition) is 2. The molecule has 0 fully saturated rings. The Morgan fingerprint density at radius 2 is 0.831 bits per heavy atom. The van der Waals surface area contributed by atoms with Crippen LogP contribution in [-0.4, -0.2) is 68.8 Å². The first-order valence-electron chi connectivity index (χ1n) is 23.9. The molecular weight excluding hydrogens is 889 g/mol. The van der Waals surface area contributed by atoms with Gasteiger partial charge in [-0.1, -0.05) is 203 Å². The number of rotatable bonds is 32. The standard InChI is InChI=1S/2C26H38O5S.Ca/c2*1-2-3-4-5-6-7-8-9-10-11-12-13-16-22-17-14-18-23(21-22)31-26-24(27)19-15-20-25(26)32(28,29)30;/h2*14-15,17-21,27H,2-13,16H2,1H3,(H,28,29,30);/q;;+2/p-2. The number of aryl methyl sites for hydroxylation is 2. The minimum Gasteiger partial charge on any atom is -0.870 e. The Morgan fingerprint density at radius 1 is 0.477 bits per heavy atom. The summed E-state index contributed by atoms with van der Waals surface area (Å²) in [6.45, 7) is 4.50. The van der Waals surface area contributed by atoms with E-state index in [1.54, 1.807) is 18.2 Å². The second-order valence-corrected chi connectivity index (χ2v) is 19.6. The van der Waals surface area contributed by atoms with Crippen molar-refractivity contribution < 1.29 is 45.6 Å². The Balaban J connectivity index is 0.000000440. The van der Waals surface area contributed by atoms with E-state index in [1.165, 1.54) is 172 Å². The molecule has 4 aromatic carbocycles. The normalized spacial score (nSPS) is 11.4. The van der Waals surface area contributed by atoms with Gasteiger partial charge in [-0.2, -0.15) is 8.42 Å². The molecule has 0 aromatic heterocycles. The summed E-state index contributed by atoms with van der Waals surface area (Å²) >= 11 is 0. The van der Waals surface area contributed by atoms with Crippen molar-refractivity contribution in [3.63, 3.8) is 0 Å². The number of phenolic OH excluding ortho intramolecular Hbond substituents is 1. The fourth-order valence-corrected chi connectivity index (χ4v) is 8.95. The third-order valence-corrected chi connectivity index (χ3v) is 13.1. The summed E-state index contributed by atoms with van der Waals surface area (Å²) in [5, 5.41) is 22.1. The van der Waals surface area contributed by atoms with Crippen molar-refractivity contribution in [2.45, 2.75) is 191 Å². The van der Waals surface area contributed by atoms with Crippen LogP contribution in [0.4, 0.5) is 0 Å². The molecular formula is C52H74CaO10S2. The summed E-state index contributed by atoms with van der Waals surface area (Å²) < 4.78 is 78.0. The minimum atomic E-state index is -4.80. The molecule has 0 radical (unpaired) electrons. The van der Waals surface area contributed by atoms with Crippen molar-refractivity contribution in [2.75, 3.05) is 0 Å². The zero-order chi connectivity index (χ0) is 46.5. The zero-order valence-corrected chi connectivity index (χ0v) is 43.0. The fraction of sp³-hybridized carbons (Fsp3) is 0.538. The van der Waals surface area contributed by atoms with Gasteiger partial charge in [-0.05, 0) is 79.3 Å². The SMILES string of the molecule is CCCCCCCCCCCCCCc1cccc(Oc2c(O)cccc2S(=O)(=O)O)c1.CCCCCCCCCCCCCCc1cccc(Oc2c([O-])cccc2S(=O)(=O)[O-])c1.[Ca+2]. The minimum absolute atomic E-state index is 0. The van der Waals surface area contributed by atoms with E-state index in [2.05, 4.69) is 13.8 Å². The van der Waals surface area contributed by atoms with Crippen LogP contribution in [-0.2, 0) is 33.1 Å². The molecule has 0 amide bonds. The van der Waals surface area contributed by atoms with E-state index in [9.17, 15) is 36.2 Å². The van der Waals surface area contributed by atoms with E-state index in [4.69, 9.17) is 9.47 Å². The van der Waals surface area contributed by atoms with Crippen LogP contribution in [0.2, 0.25) is 0 Å². The number of phenols is 1. The van der Waals surface area contributed by atoms with Gasteiger partial charge in [-0.15, -0.1) is 0 Å². The van der Waals surface area contributed by atoms with Crippen LogP contribution in [0.3, 0.4) is 0 Å². The van der Waals surface area contributed by atoms with Gasteiger partial charge in [0.15, 0.2) is 11.5 Å². The summed E-state index contributed by atoms with van der Waals surface area (Å²) in [4.78, 5) is -1.08. The monoisotopic (exact) mass is 962 g/mol. The third-order valence-electron chi connectivity index (χ3n) is 11.3. The number of benzene rings is 4. The molecule has 0 unspecified atom stereocenters. The van der Waals surface area contributed by atoms with Crippen LogP contribution in [0.1, 0.15) is 179 Å². The molecule has 0 aliphatic rings. The summed E-state index contributed by atoms with van der Waals surface area (Å²) in [5.74, 6) is -0.898. The predicted octanol–water partition coefficient (Wildman–Crippen LogP) is 14.0. The molecule has 0 bridgehead atoms. The Labute approximate surface area is 421 Å². The Kier molecular flexibility index (Phi) is 30.1. The van der Waals surface area contributed by atoms with Crippen LogP contribution in [0, 0.1) is 0 Å². The first kappa shape index (κ1) is 58.3.